The van der Waals surface area contributed by atoms with Gasteiger partial charge in [0.15, 0.2) is 0 Å². The van der Waals surface area contributed by atoms with Gasteiger partial charge in [-0.3, -0.25) is 0 Å². The first kappa shape index (κ1) is 13.2. The van der Waals surface area contributed by atoms with Gasteiger partial charge in [-0.25, -0.2) is 4.98 Å². The van der Waals surface area contributed by atoms with E-state index in [4.69, 9.17) is 10.7 Å². The maximum atomic E-state index is 5.53. The molecule has 96 valence electrons. The highest BCUT2D eigenvalue weighted by Crippen LogP contribution is 2.29. The maximum absolute atomic E-state index is 5.53. The molecule has 3 heteroatoms. The summed E-state index contributed by atoms with van der Waals surface area (Å²) >= 11 is 1.73. The van der Waals surface area contributed by atoms with E-state index in [0.717, 1.165) is 30.1 Å². The maximum Gasteiger partial charge on any atom is 0.123 e. The number of aryl methyl sites for hydroxylation is 4. The Kier molecular flexibility index (Phi) is 4.15. The Morgan fingerprint density at radius 1 is 1.11 bits per heavy atom. The van der Waals surface area contributed by atoms with Crippen LogP contribution in [0.25, 0.3) is 10.6 Å². The van der Waals surface area contributed by atoms with Gasteiger partial charge in [-0.1, -0.05) is 6.07 Å². The largest absolute Gasteiger partial charge is 0.330 e. The lowest BCUT2D eigenvalue weighted by molar-refractivity contribution is 0.816. The molecule has 0 spiro atoms. The minimum Gasteiger partial charge on any atom is -0.330 e. The molecule has 0 amide bonds. The van der Waals surface area contributed by atoms with Gasteiger partial charge >= 0.3 is 0 Å². The molecule has 0 bridgehead atoms. The summed E-state index contributed by atoms with van der Waals surface area (Å²) in [5, 5.41) is 3.28. The van der Waals surface area contributed by atoms with Gasteiger partial charge < -0.3 is 5.73 Å². The van der Waals surface area contributed by atoms with Gasteiger partial charge in [-0.15, -0.1) is 11.3 Å². The number of thiazole rings is 1. The molecule has 0 aliphatic rings. The molecule has 18 heavy (non-hydrogen) atoms. The normalized spacial score (nSPS) is 10.9. The summed E-state index contributed by atoms with van der Waals surface area (Å²) in [6.07, 6.45) is 1.99. The zero-order chi connectivity index (χ0) is 13.1. The van der Waals surface area contributed by atoms with Crippen molar-refractivity contribution in [3.05, 3.63) is 39.9 Å². The van der Waals surface area contributed by atoms with E-state index in [0.29, 0.717) is 0 Å². The van der Waals surface area contributed by atoms with Gasteiger partial charge in [0.05, 0.1) is 5.69 Å². The van der Waals surface area contributed by atoms with Crippen LogP contribution in [0.15, 0.2) is 17.5 Å². The third-order valence-corrected chi connectivity index (χ3v) is 4.18. The Hall–Kier alpha value is -1.19. The van der Waals surface area contributed by atoms with Crippen LogP contribution >= 0.6 is 11.3 Å². The monoisotopic (exact) mass is 260 g/mol. The molecule has 0 saturated carbocycles. The van der Waals surface area contributed by atoms with E-state index in [1.165, 1.54) is 22.3 Å². The first-order chi connectivity index (χ1) is 8.61. The van der Waals surface area contributed by atoms with Crippen LogP contribution in [-0.2, 0) is 6.42 Å². The van der Waals surface area contributed by atoms with Crippen molar-refractivity contribution in [2.75, 3.05) is 6.54 Å². The molecule has 0 radical (unpaired) electrons. The summed E-state index contributed by atoms with van der Waals surface area (Å²) in [6, 6.07) is 4.49. The Morgan fingerprint density at radius 3 is 2.56 bits per heavy atom. The van der Waals surface area contributed by atoms with Crippen molar-refractivity contribution in [3.8, 4) is 10.6 Å². The highest BCUT2D eigenvalue weighted by molar-refractivity contribution is 7.13. The van der Waals surface area contributed by atoms with Crippen molar-refractivity contribution in [2.45, 2.75) is 33.6 Å². The predicted molar refractivity (Wildman–Crippen MR) is 79.1 cm³/mol. The summed E-state index contributed by atoms with van der Waals surface area (Å²) in [5.41, 5.74) is 11.9. The van der Waals surface area contributed by atoms with Crippen LogP contribution in [0.1, 0.15) is 28.8 Å². The van der Waals surface area contributed by atoms with Crippen LogP contribution in [0.2, 0.25) is 0 Å². The molecule has 2 nitrogen and oxygen atoms in total. The van der Waals surface area contributed by atoms with E-state index >= 15 is 0 Å². The van der Waals surface area contributed by atoms with Crippen LogP contribution in [0.3, 0.4) is 0 Å². The fourth-order valence-corrected chi connectivity index (χ4v) is 2.95. The summed E-state index contributed by atoms with van der Waals surface area (Å²) < 4.78 is 0. The molecule has 0 aliphatic heterocycles. The topological polar surface area (TPSA) is 38.9 Å². The lowest BCUT2D eigenvalue weighted by Gasteiger charge is -2.07. The van der Waals surface area contributed by atoms with Gasteiger partial charge in [0.25, 0.3) is 0 Å². The first-order valence-electron chi connectivity index (χ1n) is 6.34. The van der Waals surface area contributed by atoms with Gasteiger partial charge in [0.2, 0.25) is 0 Å². The number of hydrogen-bond acceptors (Lipinski definition) is 3. The van der Waals surface area contributed by atoms with Crippen LogP contribution in [-0.4, -0.2) is 11.5 Å². The minimum absolute atomic E-state index is 0.732. The van der Waals surface area contributed by atoms with Gasteiger partial charge in [0, 0.05) is 10.9 Å². The molecule has 0 atom stereocenters. The molecule has 1 aromatic carbocycles. The van der Waals surface area contributed by atoms with Crippen molar-refractivity contribution in [2.24, 2.45) is 5.73 Å². The zero-order valence-electron chi connectivity index (χ0n) is 11.3. The highest BCUT2D eigenvalue weighted by Gasteiger charge is 2.09. The molecule has 1 aromatic heterocycles. The highest BCUT2D eigenvalue weighted by atomic mass is 32.1. The third kappa shape index (κ3) is 2.79. The number of benzene rings is 1. The van der Waals surface area contributed by atoms with Crippen molar-refractivity contribution in [1.29, 1.82) is 0 Å². The van der Waals surface area contributed by atoms with E-state index < -0.39 is 0 Å². The zero-order valence-corrected chi connectivity index (χ0v) is 12.1. The van der Waals surface area contributed by atoms with Crippen LogP contribution in [0.5, 0.6) is 0 Å². The number of hydrogen-bond donors (Lipinski definition) is 1. The van der Waals surface area contributed by atoms with E-state index in [2.05, 4.69) is 38.3 Å². The molecule has 0 saturated heterocycles. The van der Waals surface area contributed by atoms with E-state index in [-0.39, 0.29) is 0 Å². The van der Waals surface area contributed by atoms with E-state index in [1.54, 1.807) is 11.3 Å². The fraction of sp³-hybridized carbons (Fsp3) is 0.400. The van der Waals surface area contributed by atoms with Crippen molar-refractivity contribution in [3.63, 3.8) is 0 Å². The number of aromatic nitrogens is 1. The lowest BCUT2D eigenvalue weighted by atomic mass is 10.0. The lowest BCUT2D eigenvalue weighted by Crippen LogP contribution is -2.00. The van der Waals surface area contributed by atoms with Gasteiger partial charge in [0.1, 0.15) is 5.01 Å². The second-order valence-corrected chi connectivity index (χ2v) is 5.65. The number of nitrogens with two attached hydrogens (primary N) is 1. The van der Waals surface area contributed by atoms with Crippen molar-refractivity contribution < 1.29 is 0 Å². The summed E-state index contributed by atoms with van der Waals surface area (Å²) in [4.78, 5) is 4.71. The average Bonchev–Trinajstić information content (AvgIpc) is 2.79. The predicted octanol–water partition coefficient (Wildman–Crippen LogP) is 3.63. The Bertz CT molecular complexity index is 543. The van der Waals surface area contributed by atoms with Gasteiger partial charge in [-0.05, 0) is 62.9 Å². The molecular weight excluding hydrogens is 240 g/mol. The molecule has 1 heterocycles. The Balaban J connectivity index is 2.31. The Morgan fingerprint density at radius 2 is 1.83 bits per heavy atom. The first-order valence-corrected chi connectivity index (χ1v) is 7.22. The smallest absolute Gasteiger partial charge is 0.123 e. The minimum atomic E-state index is 0.732. The molecule has 2 rings (SSSR count). The molecule has 2 N–H and O–H groups in total. The summed E-state index contributed by atoms with van der Waals surface area (Å²) in [7, 11) is 0. The molecule has 0 aliphatic carbocycles. The number of rotatable bonds is 4. The molecular formula is C15H20N2S. The average molecular weight is 260 g/mol. The SMILES string of the molecule is Cc1cc(C)c(-c2nc(CCCN)cs2)cc1C. The van der Waals surface area contributed by atoms with Crippen molar-refractivity contribution >= 4 is 11.3 Å². The van der Waals surface area contributed by atoms with Crippen LogP contribution in [0.4, 0.5) is 0 Å². The second kappa shape index (κ2) is 5.63. The third-order valence-electron chi connectivity index (χ3n) is 3.26. The summed E-state index contributed by atoms with van der Waals surface area (Å²) in [5.74, 6) is 0. The quantitative estimate of drug-likeness (QED) is 0.911. The van der Waals surface area contributed by atoms with Crippen LogP contribution < -0.4 is 5.73 Å². The molecule has 0 fully saturated rings. The fourth-order valence-electron chi connectivity index (χ4n) is 2.02. The van der Waals surface area contributed by atoms with E-state index in [9.17, 15) is 0 Å². The second-order valence-electron chi connectivity index (χ2n) is 4.79. The van der Waals surface area contributed by atoms with Gasteiger partial charge in [-0.2, -0.15) is 0 Å². The Labute approximate surface area is 113 Å². The summed E-state index contributed by atoms with van der Waals surface area (Å²) in [6.45, 7) is 7.19. The standard InChI is InChI=1S/C15H20N2S/c1-10-7-12(3)14(8-11(10)2)15-17-13(9-18-15)5-4-6-16/h7-9H,4-6,16H2,1-3H3. The number of nitrogens with zero attached hydrogens (tertiary/aromatic N) is 1. The molecule has 2 aromatic rings. The molecule has 0 unspecified atom stereocenters. The van der Waals surface area contributed by atoms with Crippen LogP contribution in [0, 0.1) is 20.8 Å². The van der Waals surface area contributed by atoms with Crippen molar-refractivity contribution in [1.82, 2.24) is 4.98 Å². The van der Waals surface area contributed by atoms with E-state index in [1.807, 2.05) is 0 Å².